The smallest absolute Gasteiger partial charge is 0.306 e. The number of amides is 1. The van der Waals surface area contributed by atoms with Crippen LogP contribution in [0.2, 0.25) is 0 Å². The van der Waals surface area contributed by atoms with Gasteiger partial charge in [0.15, 0.2) is 0 Å². The van der Waals surface area contributed by atoms with Gasteiger partial charge in [-0.3, -0.25) is 9.59 Å². The lowest BCUT2D eigenvalue weighted by Crippen LogP contribution is -2.32. The van der Waals surface area contributed by atoms with Gasteiger partial charge in [0, 0.05) is 11.5 Å². The Kier molecular flexibility index (Phi) is 4.11. The molecule has 0 radical (unpaired) electrons. The second-order valence-corrected chi connectivity index (χ2v) is 5.51. The fourth-order valence-electron chi connectivity index (χ4n) is 2.96. The Balaban J connectivity index is 1.97. The molecule has 0 bridgehead atoms. The standard InChI is InChI=1S/C14H20N2O4/c1-7(12-8(2)16-20-9(12)3)15-13(17)10-4-5-11(6-10)14(18)19/h7,10-11H,4-6H2,1-3H3,(H,15,17)(H,18,19). The molecule has 1 saturated carbocycles. The Morgan fingerprint density at radius 1 is 1.35 bits per heavy atom. The number of carbonyl (C=O) groups is 2. The number of hydrogen-bond acceptors (Lipinski definition) is 4. The molecule has 6 nitrogen and oxygen atoms in total. The van der Waals surface area contributed by atoms with Gasteiger partial charge in [-0.25, -0.2) is 0 Å². The summed E-state index contributed by atoms with van der Waals surface area (Å²) in [5, 5.41) is 15.8. The third kappa shape index (κ3) is 2.84. The van der Waals surface area contributed by atoms with E-state index in [1.807, 2.05) is 20.8 Å². The Labute approximate surface area is 117 Å². The SMILES string of the molecule is Cc1noc(C)c1C(C)NC(=O)C1CCC(C(=O)O)C1. The van der Waals surface area contributed by atoms with Crippen molar-refractivity contribution >= 4 is 11.9 Å². The summed E-state index contributed by atoms with van der Waals surface area (Å²) in [7, 11) is 0. The van der Waals surface area contributed by atoms with Gasteiger partial charge in [-0.15, -0.1) is 0 Å². The number of nitrogens with zero attached hydrogens (tertiary/aromatic N) is 1. The molecule has 110 valence electrons. The normalized spacial score (nSPS) is 23.6. The van der Waals surface area contributed by atoms with Crippen LogP contribution in [0, 0.1) is 25.7 Å². The molecule has 0 saturated heterocycles. The van der Waals surface area contributed by atoms with Crippen LogP contribution >= 0.6 is 0 Å². The van der Waals surface area contributed by atoms with E-state index in [-0.39, 0.29) is 23.8 Å². The lowest BCUT2D eigenvalue weighted by atomic mass is 10.0. The van der Waals surface area contributed by atoms with Gasteiger partial charge in [-0.1, -0.05) is 5.16 Å². The maximum atomic E-state index is 12.2. The molecule has 3 unspecified atom stereocenters. The number of carboxylic acids is 1. The highest BCUT2D eigenvalue weighted by molar-refractivity contribution is 5.81. The summed E-state index contributed by atoms with van der Waals surface area (Å²) in [6, 6.07) is -0.183. The first-order chi connectivity index (χ1) is 9.40. The number of rotatable bonds is 4. The van der Waals surface area contributed by atoms with Crippen LogP contribution in [0.15, 0.2) is 4.52 Å². The van der Waals surface area contributed by atoms with Crippen LogP contribution in [0.25, 0.3) is 0 Å². The zero-order valence-electron chi connectivity index (χ0n) is 12.0. The van der Waals surface area contributed by atoms with E-state index in [0.29, 0.717) is 25.0 Å². The highest BCUT2D eigenvalue weighted by Gasteiger charge is 2.34. The number of aryl methyl sites for hydroxylation is 2. The average Bonchev–Trinajstić information content (AvgIpc) is 2.96. The first-order valence-corrected chi connectivity index (χ1v) is 6.86. The predicted molar refractivity (Wildman–Crippen MR) is 71.0 cm³/mol. The number of aromatic nitrogens is 1. The zero-order chi connectivity index (χ0) is 14.9. The molecule has 20 heavy (non-hydrogen) atoms. The van der Waals surface area contributed by atoms with Crippen LogP contribution in [0.5, 0.6) is 0 Å². The highest BCUT2D eigenvalue weighted by atomic mass is 16.5. The van der Waals surface area contributed by atoms with Crippen molar-refractivity contribution in [2.75, 3.05) is 0 Å². The van der Waals surface area contributed by atoms with E-state index in [4.69, 9.17) is 9.63 Å². The monoisotopic (exact) mass is 280 g/mol. The van der Waals surface area contributed by atoms with Gasteiger partial charge >= 0.3 is 5.97 Å². The minimum Gasteiger partial charge on any atom is -0.481 e. The average molecular weight is 280 g/mol. The summed E-state index contributed by atoms with van der Waals surface area (Å²) in [5.41, 5.74) is 1.66. The largest absolute Gasteiger partial charge is 0.481 e. The summed E-state index contributed by atoms with van der Waals surface area (Å²) in [6.45, 7) is 5.53. The fraction of sp³-hybridized carbons (Fsp3) is 0.643. The molecule has 1 heterocycles. The lowest BCUT2D eigenvalue weighted by molar-refractivity contribution is -0.141. The highest BCUT2D eigenvalue weighted by Crippen LogP contribution is 2.32. The molecule has 1 fully saturated rings. The maximum Gasteiger partial charge on any atom is 0.306 e. The van der Waals surface area contributed by atoms with Crippen molar-refractivity contribution in [3.05, 3.63) is 17.0 Å². The van der Waals surface area contributed by atoms with Gasteiger partial charge in [0.1, 0.15) is 5.76 Å². The van der Waals surface area contributed by atoms with E-state index in [1.54, 1.807) is 0 Å². The molecule has 3 atom stereocenters. The van der Waals surface area contributed by atoms with Gasteiger partial charge in [-0.2, -0.15) is 0 Å². The van der Waals surface area contributed by atoms with E-state index in [9.17, 15) is 9.59 Å². The maximum absolute atomic E-state index is 12.2. The van der Waals surface area contributed by atoms with Crippen molar-refractivity contribution in [2.45, 2.75) is 46.1 Å². The Morgan fingerprint density at radius 3 is 2.50 bits per heavy atom. The van der Waals surface area contributed by atoms with E-state index >= 15 is 0 Å². The van der Waals surface area contributed by atoms with Crippen molar-refractivity contribution in [1.82, 2.24) is 10.5 Å². The van der Waals surface area contributed by atoms with Crippen molar-refractivity contribution < 1.29 is 19.2 Å². The van der Waals surface area contributed by atoms with Crippen LogP contribution in [-0.2, 0) is 9.59 Å². The predicted octanol–water partition coefficient (Wildman–Crippen LogP) is 1.97. The molecule has 1 aliphatic carbocycles. The van der Waals surface area contributed by atoms with E-state index in [2.05, 4.69) is 10.5 Å². The number of aliphatic carboxylic acids is 1. The molecule has 6 heteroatoms. The molecular weight excluding hydrogens is 260 g/mol. The van der Waals surface area contributed by atoms with Crippen molar-refractivity contribution in [2.24, 2.45) is 11.8 Å². The molecule has 0 spiro atoms. The summed E-state index contributed by atoms with van der Waals surface area (Å²) in [5.74, 6) is -0.787. The fourth-order valence-corrected chi connectivity index (χ4v) is 2.96. The zero-order valence-corrected chi connectivity index (χ0v) is 12.0. The van der Waals surface area contributed by atoms with Gasteiger partial charge in [0.05, 0.1) is 17.7 Å². The quantitative estimate of drug-likeness (QED) is 0.879. The minimum absolute atomic E-state index is 0.0822. The van der Waals surface area contributed by atoms with Crippen LogP contribution < -0.4 is 5.32 Å². The Bertz CT molecular complexity index is 504. The van der Waals surface area contributed by atoms with Crippen molar-refractivity contribution in [3.63, 3.8) is 0 Å². The summed E-state index contributed by atoms with van der Waals surface area (Å²) in [4.78, 5) is 23.1. The Hall–Kier alpha value is -1.85. The molecule has 0 aliphatic heterocycles. The second-order valence-electron chi connectivity index (χ2n) is 5.51. The summed E-state index contributed by atoms with van der Waals surface area (Å²) < 4.78 is 5.09. The van der Waals surface area contributed by atoms with Crippen LogP contribution in [0.1, 0.15) is 49.2 Å². The molecule has 2 N–H and O–H groups in total. The van der Waals surface area contributed by atoms with E-state index in [0.717, 1.165) is 11.3 Å². The van der Waals surface area contributed by atoms with Gasteiger partial charge in [-0.05, 0) is 40.0 Å². The Morgan fingerprint density at radius 2 is 2.00 bits per heavy atom. The molecular formula is C14H20N2O4. The molecule has 1 amide bonds. The van der Waals surface area contributed by atoms with Gasteiger partial charge in [0.2, 0.25) is 5.91 Å². The summed E-state index contributed by atoms with van der Waals surface area (Å²) >= 11 is 0. The molecule has 1 aromatic rings. The third-order valence-corrected chi connectivity index (χ3v) is 4.03. The molecule has 1 aromatic heterocycles. The minimum atomic E-state index is -0.806. The van der Waals surface area contributed by atoms with Gasteiger partial charge < -0.3 is 14.9 Å². The van der Waals surface area contributed by atoms with Crippen molar-refractivity contribution in [1.29, 1.82) is 0 Å². The summed E-state index contributed by atoms with van der Waals surface area (Å²) in [6.07, 6.45) is 1.64. The van der Waals surface area contributed by atoms with Crippen LogP contribution in [0.4, 0.5) is 0 Å². The lowest BCUT2D eigenvalue weighted by Gasteiger charge is -2.17. The number of carbonyl (C=O) groups excluding carboxylic acids is 1. The number of carboxylic acid groups (broad SMARTS) is 1. The third-order valence-electron chi connectivity index (χ3n) is 4.03. The molecule has 2 rings (SSSR count). The van der Waals surface area contributed by atoms with E-state index < -0.39 is 5.97 Å². The first kappa shape index (κ1) is 14.6. The number of nitrogens with one attached hydrogen (secondary N) is 1. The molecule has 1 aliphatic rings. The van der Waals surface area contributed by atoms with Crippen molar-refractivity contribution in [3.8, 4) is 0 Å². The van der Waals surface area contributed by atoms with E-state index in [1.165, 1.54) is 0 Å². The number of hydrogen-bond donors (Lipinski definition) is 2. The van der Waals surface area contributed by atoms with Crippen LogP contribution in [-0.4, -0.2) is 22.1 Å². The van der Waals surface area contributed by atoms with Gasteiger partial charge in [0.25, 0.3) is 0 Å². The molecule has 0 aromatic carbocycles. The first-order valence-electron chi connectivity index (χ1n) is 6.86. The second kappa shape index (κ2) is 5.64. The van der Waals surface area contributed by atoms with Crippen LogP contribution in [0.3, 0.4) is 0 Å². The topological polar surface area (TPSA) is 92.4 Å².